The number of fused-ring (bicyclic) bond motifs is 1. The summed E-state index contributed by atoms with van der Waals surface area (Å²) in [5.41, 5.74) is -1.57. The molecular formula is C21H12ClF3N6O2S. The van der Waals surface area contributed by atoms with E-state index in [0.717, 1.165) is 12.1 Å². The smallest absolute Gasteiger partial charge is 0.265 e. The number of aromatic amines is 2. The van der Waals surface area contributed by atoms with Gasteiger partial charge in [0.05, 0.1) is 11.3 Å². The normalized spacial score (nSPS) is 11.8. The minimum absolute atomic E-state index is 0.101. The molecule has 0 radical (unpaired) electrons. The van der Waals surface area contributed by atoms with Crippen LogP contribution in [0, 0.1) is 17.5 Å². The van der Waals surface area contributed by atoms with Crippen LogP contribution in [0.25, 0.3) is 33.5 Å². The van der Waals surface area contributed by atoms with Crippen LogP contribution in [0.1, 0.15) is 0 Å². The van der Waals surface area contributed by atoms with Crippen molar-refractivity contribution in [3.63, 3.8) is 0 Å². The summed E-state index contributed by atoms with van der Waals surface area (Å²) < 4.78 is 72.8. The van der Waals surface area contributed by atoms with Gasteiger partial charge in [-0.3, -0.25) is 9.82 Å². The molecule has 3 heterocycles. The van der Waals surface area contributed by atoms with Gasteiger partial charge in [-0.1, -0.05) is 17.7 Å². The van der Waals surface area contributed by atoms with E-state index < -0.39 is 49.2 Å². The molecule has 0 saturated carbocycles. The summed E-state index contributed by atoms with van der Waals surface area (Å²) in [4.78, 5) is 10.2. The van der Waals surface area contributed by atoms with Crippen LogP contribution < -0.4 is 4.72 Å². The molecule has 13 heteroatoms. The predicted molar refractivity (Wildman–Crippen MR) is 119 cm³/mol. The van der Waals surface area contributed by atoms with Crippen molar-refractivity contribution in [1.29, 1.82) is 0 Å². The molecular weight excluding hydrogens is 493 g/mol. The van der Waals surface area contributed by atoms with Crippen LogP contribution in [0.15, 0.2) is 59.9 Å². The van der Waals surface area contributed by atoms with Crippen LogP contribution in [-0.2, 0) is 10.0 Å². The third-order valence-corrected chi connectivity index (χ3v) is 6.83. The van der Waals surface area contributed by atoms with Crippen molar-refractivity contribution in [2.24, 2.45) is 0 Å². The van der Waals surface area contributed by atoms with Crippen LogP contribution in [0.5, 0.6) is 0 Å². The maximum Gasteiger partial charge on any atom is 0.265 e. The zero-order valence-electron chi connectivity index (χ0n) is 16.8. The van der Waals surface area contributed by atoms with Gasteiger partial charge in [0.15, 0.2) is 17.5 Å². The summed E-state index contributed by atoms with van der Waals surface area (Å²) >= 11 is 5.83. The molecule has 2 aromatic carbocycles. The SMILES string of the molecule is O=S(=O)(Nc1ccc(F)c(-c2ccc3c(-c4ncc[nH]4)n[nH]c3c2F)c1F)c1cccnc1Cl. The van der Waals surface area contributed by atoms with Crippen molar-refractivity contribution in [2.45, 2.75) is 4.90 Å². The molecule has 0 unspecified atom stereocenters. The van der Waals surface area contributed by atoms with Gasteiger partial charge in [0.1, 0.15) is 27.1 Å². The molecule has 0 amide bonds. The number of aromatic nitrogens is 5. The maximum absolute atomic E-state index is 15.4. The van der Waals surface area contributed by atoms with Gasteiger partial charge < -0.3 is 4.98 Å². The summed E-state index contributed by atoms with van der Waals surface area (Å²) in [7, 11) is -4.37. The second-order valence-electron chi connectivity index (χ2n) is 7.04. The zero-order chi connectivity index (χ0) is 24.0. The lowest BCUT2D eigenvalue weighted by Crippen LogP contribution is -2.15. The van der Waals surface area contributed by atoms with E-state index in [4.69, 9.17) is 11.6 Å². The van der Waals surface area contributed by atoms with Crippen LogP contribution in [0.3, 0.4) is 0 Å². The van der Waals surface area contributed by atoms with Gasteiger partial charge in [-0.05, 0) is 30.3 Å². The molecule has 0 aliphatic carbocycles. The Morgan fingerprint density at radius 1 is 0.971 bits per heavy atom. The first kappa shape index (κ1) is 21.9. The molecule has 0 aliphatic rings. The highest BCUT2D eigenvalue weighted by molar-refractivity contribution is 7.92. The fourth-order valence-electron chi connectivity index (χ4n) is 3.47. The Morgan fingerprint density at radius 2 is 1.79 bits per heavy atom. The van der Waals surface area contributed by atoms with Crippen molar-refractivity contribution in [3.05, 3.63) is 77.6 Å². The van der Waals surface area contributed by atoms with Gasteiger partial charge in [-0.15, -0.1) is 0 Å². The van der Waals surface area contributed by atoms with Crippen molar-refractivity contribution < 1.29 is 21.6 Å². The van der Waals surface area contributed by atoms with Crippen molar-refractivity contribution in [1.82, 2.24) is 25.1 Å². The summed E-state index contributed by atoms with van der Waals surface area (Å²) in [6.07, 6.45) is 4.34. The van der Waals surface area contributed by atoms with Crippen LogP contribution in [0.2, 0.25) is 5.15 Å². The fourth-order valence-corrected chi connectivity index (χ4v) is 4.99. The predicted octanol–water partition coefficient (Wildman–Crippen LogP) is 4.89. The minimum Gasteiger partial charge on any atom is -0.343 e. The standard InChI is InChI=1S/C21H12ClF3N6O2S/c22-20-14(2-1-7-26-20)34(32,33)31-13-6-5-12(23)15(17(13)25)10-3-4-11-18(16(10)24)29-30-19(11)21-27-8-9-28-21/h1-9,31H,(H,27,28)(H,29,30). The molecule has 3 N–H and O–H groups in total. The first-order valence-corrected chi connectivity index (χ1v) is 11.4. The van der Waals surface area contributed by atoms with Gasteiger partial charge in [0.25, 0.3) is 10.0 Å². The number of H-pyrrole nitrogens is 2. The van der Waals surface area contributed by atoms with E-state index in [0.29, 0.717) is 16.9 Å². The summed E-state index contributed by atoms with van der Waals surface area (Å²) in [6.45, 7) is 0. The number of rotatable bonds is 5. The first-order valence-electron chi connectivity index (χ1n) is 9.56. The molecule has 3 aromatic heterocycles. The Bertz CT molecular complexity index is 1660. The summed E-state index contributed by atoms with van der Waals surface area (Å²) in [5, 5.41) is 6.54. The Kier molecular flexibility index (Phi) is 5.25. The molecule has 172 valence electrons. The van der Waals surface area contributed by atoms with Crippen molar-refractivity contribution in [2.75, 3.05) is 4.72 Å². The van der Waals surface area contributed by atoms with E-state index in [1.807, 2.05) is 4.72 Å². The Labute approximate surface area is 194 Å². The number of hydrogen-bond acceptors (Lipinski definition) is 5. The molecule has 34 heavy (non-hydrogen) atoms. The largest absolute Gasteiger partial charge is 0.343 e. The van der Waals surface area contributed by atoms with E-state index in [1.54, 1.807) is 6.20 Å². The number of halogens is 4. The van der Waals surface area contributed by atoms with Gasteiger partial charge in [-0.25, -0.2) is 31.6 Å². The van der Waals surface area contributed by atoms with Gasteiger partial charge in [-0.2, -0.15) is 5.10 Å². The van der Waals surface area contributed by atoms with Crippen LogP contribution >= 0.6 is 11.6 Å². The average molecular weight is 505 g/mol. The van der Waals surface area contributed by atoms with E-state index >= 15 is 8.78 Å². The lowest BCUT2D eigenvalue weighted by molar-refractivity contribution is 0.583. The number of pyridine rings is 1. The topological polar surface area (TPSA) is 116 Å². The second-order valence-corrected chi connectivity index (χ2v) is 9.05. The Hall–Kier alpha value is -3.90. The highest BCUT2D eigenvalue weighted by Gasteiger charge is 2.25. The van der Waals surface area contributed by atoms with E-state index in [1.165, 1.54) is 36.7 Å². The molecule has 0 aliphatic heterocycles. The van der Waals surface area contributed by atoms with E-state index in [9.17, 15) is 12.8 Å². The van der Waals surface area contributed by atoms with E-state index in [-0.39, 0.29) is 10.7 Å². The number of sulfonamides is 1. The quantitative estimate of drug-likeness (QED) is 0.295. The number of nitrogens with one attached hydrogen (secondary N) is 3. The second kappa shape index (κ2) is 8.15. The summed E-state index contributed by atoms with van der Waals surface area (Å²) in [5.74, 6) is -3.01. The fraction of sp³-hybridized carbons (Fsp3) is 0. The Balaban J connectivity index is 1.61. The molecule has 0 atom stereocenters. The summed E-state index contributed by atoms with van der Waals surface area (Å²) in [6, 6.07) is 6.82. The van der Waals surface area contributed by atoms with Crippen molar-refractivity contribution >= 4 is 38.2 Å². The number of hydrogen-bond donors (Lipinski definition) is 3. The number of nitrogens with zero attached hydrogens (tertiary/aromatic N) is 3. The number of benzene rings is 2. The first-order chi connectivity index (χ1) is 16.3. The average Bonchev–Trinajstić information content (AvgIpc) is 3.47. The van der Waals surface area contributed by atoms with Crippen molar-refractivity contribution in [3.8, 4) is 22.6 Å². The molecule has 8 nitrogen and oxygen atoms in total. The zero-order valence-corrected chi connectivity index (χ0v) is 18.3. The minimum atomic E-state index is -4.37. The molecule has 5 aromatic rings. The highest BCUT2D eigenvalue weighted by Crippen LogP contribution is 2.37. The Morgan fingerprint density at radius 3 is 2.53 bits per heavy atom. The molecule has 0 saturated heterocycles. The molecule has 5 rings (SSSR count). The number of imidazole rings is 1. The van der Waals surface area contributed by atoms with Crippen LogP contribution in [-0.4, -0.2) is 33.6 Å². The lowest BCUT2D eigenvalue weighted by Gasteiger charge is -2.13. The van der Waals surface area contributed by atoms with Gasteiger partial charge in [0.2, 0.25) is 0 Å². The molecule has 0 spiro atoms. The maximum atomic E-state index is 15.4. The van der Waals surface area contributed by atoms with Gasteiger partial charge in [0, 0.05) is 29.5 Å². The monoisotopic (exact) mass is 504 g/mol. The van der Waals surface area contributed by atoms with Crippen LogP contribution in [0.4, 0.5) is 18.9 Å². The van der Waals surface area contributed by atoms with Gasteiger partial charge >= 0.3 is 0 Å². The number of anilines is 1. The highest BCUT2D eigenvalue weighted by atomic mass is 35.5. The third kappa shape index (κ3) is 3.56. The lowest BCUT2D eigenvalue weighted by atomic mass is 10.0. The third-order valence-electron chi connectivity index (χ3n) is 5.02. The molecule has 0 bridgehead atoms. The molecule has 0 fully saturated rings. The van der Waals surface area contributed by atoms with E-state index in [2.05, 4.69) is 25.1 Å².